The maximum absolute atomic E-state index is 13.6. The van der Waals surface area contributed by atoms with E-state index in [1.165, 1.54) is 19.3 Å². The maximum atomic E-state index is 13.6. The smallest absolute Gasteiger partial charge is 0.242 e. The van der Waals surface area contributed by atoms with E-state index in [2.05, 4.69) is 36.6 Å². The lowest BCUT2D eigenvalue weighted by atomic mass is 9.84. The van der Waals surface area contributed by atoms with Crippen molar-refractivity contribution < 1.29 is 4.79 Å². The number of aromatic amines is 1. The lowest BCUT2D eigenvalue weighted by Crippen LogP contribution is -2.41. The molecule has 202 valence electrons. The summed E-state index contributed by atoms with van der Waals surface area (Å²) in [5.74, 6) is 3.04. The first kappa shape index (κ1) is 25.0. The zero-order chi connectivity index (χ0) is 26.4. The van der Waals surface area contributed by atoms with Crippen molar-refractivity contribution in [3.8, 4) is 17.2 Å². The van der Waals surface area contributed by atoms with Gasteiger partial charge >= 0.3 is 0 Å². The number of tetrazole rings is 1. The summed E-state index contributed by atoms with van der Waals surface area (Å²) in [4.78, 5) is 23.0. The minimum atomic E-state index is -0.395. The van der Waals surface area contributed by atoms with E-state index in [-0.39, 0.29) is 5.91 Å². The lowest BCUT2D eigenvalue weighted by molar-refractivity contribution is -0.122. The molecule has 0 spiro atoms. The fourth-order valence-electron chi connectivity index (χ4n) is 5.14. The van der Waals surface area contributed by atoms with E-state index in [0.717, 1.165) is 49.0 Å². The second-order valence-electron chi connectivity index (χ2n) is 10.5. The van der Waals surface area contributed by atoms with Crippen LogP contribution >= 0.6 is 0 Å². The topological polar surface area (TPSA) is 138 Å². The average Bonchev–Trinajstić information content (AvgIpc) is 3.39. The van der Waals surface area contributed by atoms with E-state index in [4.69, 9.17) is 9.97 Å². The van der Waals surface area contributed by atoms with Crippen molar-refractivity contribution in [2.75, 3.05) is 10.6 Å². The van der Waals surface area contributed by atoms with Crippen molar-refractivity contribution >= 4 is 17.7 Å². The Hall–Kier alpha value is -4.28. The van der Waals surface area contributed by atoms with Gasteiger partial charge in [-0.3, -0.25) is 4.79 Å². The van der Waals surface area contributed by atoms with Crippen molar-refractivity contribution in [3.05, 3.63) is 60.4 Å². The second kappa shape index (κ2) is 11.6. The predicted molar refractivity (Wildman–Crippen MR) is 148 cm³/mol. The Bertz CT molecular complexity index is 1340. The van der Waals surface area contributed by atoms with Crippen molar-refractivity contribution in [1.29, 1.82) is 0 Å². The van der Waals surface area contributed by atoms with Crippen LogP contribution < -0.4 is 16.0 Å². The van der Waals surface area contributed by atoms with Crippen LogP contribution in [0.2, 0.25) is 0 Å². The van der Waals surface area contributed by atoms with Gasteiger partial charge in [0.05, 0.1) is 0 Å². The van der Waals surface area contributed by atoms with E-state index in [9.17, 15) is 4.79 Å². The molecular formula is C28H34N10O. The van der Waals surface area contributed by atoms with Crippen molar-refractivity contribution in [1.82, 2.24) is 40.5 Å². The van der Waals surface area contributed by atoms with Crippen molar-refractivity contribution in [3.63, 3.8) is 0 Å². The molecule has 1 aromatic carbocycles. The van der Waals surface area contributed by atoms with Crippen molar-refractivity contribution in [2.24, 2.45) is 5.92 Å². The van der Waals surface area contributed by atoms with Gasteiger partial charge in [-0.15, -0.1) is 10.2 Å². The van der Waals surface area contributed by atoms with Gasteiger partial charge in [0.25, 0.3) is 0 Å². The van der Waals surface area contributed by atoms with Crippen LogP contribution in [0.5, 0.6) is 0 Å². The molecule has 2 aliphatic rings. The standard InChI is InChI=1S/C28H34N10O/c39-27(29-18-20-8-10-21(11-9-20)26-34-36-37-35-26)23(16-19-6-2-1-3-7-19)31-24-17-25(38-14-4-5-15-38)33-28(32-24)30-22-12-13-22/h4-5,8-11,14-15,17,19,22-23H,1-3,6-7,12-13,16,18H2,(H,29,39)(H2,30,31,32,33)(H,34,35,36,37)/t23-/m1/s1. The molecule has 39 heavy (non-hydrogen) atoms. The number of carbonyl (C=O) groups is 1. The minimum absolute atomic E-state index is 0.0272. The van der Waals surface area contributed by atoms with Gasteiger partial charge in [0.1, 0.15) is 17.7 Å². The molecule has 11 heteroatoms. The molecule has 4 N–H and O–H groups in total. The molecular weight excluding hydrogens is 492 g/mol. The average molecular weight is 527 g/mol. The minimum Gasteiger partial charge on any atom is -0.358 e. The van der Waals surface area contributed by atoms with Crippen LogP contribution in [0.15, 0.2) is 54.9 Å². The number of rotatable bonds is 11. The van der Waals surface area contributed by atoms with Gasteiger partial charge in [-0.2, -0.15) is 15.2 Å². The summed E-state index contributed by atoms with van der Waals surface area (Å²) in [6.07, 6.45) is 13.0. The third kappa shape index (κ3) is 6.60. The molecule has 11 nitrogen and oxygen atoms in total. The van der Waals surface area contributed by atoms with Gasteiger partial charge in [0, 0.05) is 36.6 Å². The van der Waals surface area contributed by atoms with Crippen LogP contribution in [0.4, 0.5) is 11.8 Å². The van der Waals surface area contributed by atoms with Gasteiger partial charge in [-0.05, 0) is 48.1 Å². The zero-order valence-corrected chi connectivity index (χ0v) is 21.9. The Morgan fingerprint density at radius 2 is 1.82 bits per heavy atom. The molecule has 2 fully saturated rings. The molecule has 3 heterocycles. The fourth-order valence-corrected chi connectivity index (χ4v) is 5.14. The van der Waals surface area contributed by atoms with Crippen LogP contribution in [-0.2, 0) is 11.3 Å². The summed E-state index contributed by atoms with van der Waals surface area (Å²) in [6.45, 7) is 0.432. The van der Waals surface area contributed by atoms with E-state index >= 15 is 0 Å². The second-order valence-corrected chi connectivity index (χ2v) is 10.5. The number of nitrogens with zero attached hydrogens (tertiary/aromatic N) is 6. The van der Waals surface area contributed by atoms with Crippen LogP contribution in [-0.4, -0.2) is 53.2 Å². The molecule has 0 saturated heterocycles. The molecule has 3 aromatic heterocycles. The highest BCUT2D eigenvalue weighted by Crippen LogP contribution is 2.29. The number of carbonyl (C=O) groups excluding carboxylic acids is 1. The molecule has 0 bridgehead atoms. The molecule has 6 rings (SSSR count). The first-order valence-corrected chi connectivity index (χ1v) is 13.9. The van der Waals surface area contributed by atoms with Gasteiger partial charge in [0.15, 0.2) is 0 Å². The number of nitrogens with one attached hydrogen (secondary N) is 4. The lowest BCUT2D eigenvalue weighted by Gasteiger charge is -2.27. The number of amides is 1. The third-order valence-corrected chi connectivity index (χ3v) is 7.45. The first-order chi connectivity index (χ1) is 19.2. The monoisotopic (exact) mass is 526 g/mol. The predicted octanol–water partition coefficient (Wildman–Crippen LogP) is 4.09. The maximum Gasteiger partial charge on any atom is 0.242 e. The highest BCUT2D eigenvalue weighted by atomic mass is 16.2. The van der Waals surface area contributed by atoms with Crippen LogP contribution in [0.1, 0.15) is 56.9 Å². The number of hydrogen-bond donors (Lipinski definition) is 4. The molecule has 0 aliphatic heterocycles. The molecule has 0 unspecified atom stereocenters. The largest absolute Gasteiger partial charge is 0.358 e. The summed E-state index contributed by atoms with van der Waals surface area (Å²) in [7, 11) is 0. The Balaban J connectivity index is 1.18. The third-order valence-electron chi connectivity index (χ3n) is 7.45. The Morgan fingerprint density at radius 3 is 2.54 bits per heavy atom. The van der Waals surface area contributed by atoms with E-state index < -0.39 is 6.04 Å². The Morgan fingerprint density at radius 1 is 1.03 bits per heavy atom. The molecule has 1 amide bonds. The van der Waals surface area contributed by atoms with Crippen LogP contribution in [0.25, 0.3) is 17.2 Å². The van der Waals surface area contributed by atoms with Gasteiger partial charge in [0.2, 0.25) is 17.7 Å². The Kier molecular flexibility index (Phi) is 7.46. The van der Waals surface area contributed by atoms with Crippen LogP contribution in [0.3, 0.4) is 0 Å². The number of anilines is 2. The normalized spacial score (nSPS) is 16.5. The molecule has 2 saturated carbocycles. The molecule has 1 atom stereocenters. The van der Waals surface area contributed by atoms with E-state index in [0.29, 0.717) is 36.1 Å². The SMILES string of the molecule is O=C(NCc1ccc(-c2nn[nH]n2)cc1)[C@@H](CC1CCCCC1)Nc1cc(-n2cccc2)nc(NC2CC2)n1. The van der Waals surface area contributed by atoms with Gasteiger partial charge in [-0.25, -0.2) is 0 Å². The fraction of sp³-hybridized carbons (Fsp3) is 0.429. The van der Waals surface area contributed by atoms with E-state index in [1.807, 2.05) is 59.4 Å². The zero-order valence-electron chi connectivity index (χ0n) is 21.9. The highest BCUT2D eigenvalue weighted by molar-refractivity contribution is 5.84. The number of benzene rings is 1. The summed E-state index contributed by atoms with van der Waals surface area (Å²) in [5.41, 5.74) is 1.87. The van der Waals surface area contributed by atoms with Gasteiger partial charge in [-0.1, -0.05) is 56.4 Å². The number of H-pyrrole nitrogens is 1. The summed E-state index contributed by atoms with van der Waals surface area (Å²) in [6, 6.07) is 13.7. The molecule has 0 radical (unpaired) electrons. The van der Waals surface area contributed by atoms with Crippen molar-refractivity contribution in [2.45, 2.75) is 70.0 Å². The number of aromatic nitrogens is 7. The summed E-state index contributed by atoms with van der Waals surface area (Å²) < 4.78 is 1.96. The first-order valence-electron chi connectivity index (χ1n) is 13.9. The van der Waals surface area contributed by atoms with Gasteiger partial charge < -0.3 is 20.5 Å². The summed E-state index contributed by atoms with van der Waals surface area (Å²) >= 11 is 0. The summed E-state index contributed by atoms with van der Waals surface area (Å²) in [5, 5.41) is 24.1. The van der Waals surface area contributed by atoms with E-state index in [1.54, 1.807) is 0 Å². The molecule has 2 aliphatic carbocycles. The quantitative estimate of drug-likeness (QED) is 0.229. The van der Waals surface area contributed by atoms with Crippen LogP contribution in [0, 0.1) is 5.92 Å². The number of hydrogen-bond acceptors (Lipinski definition) is 8. The molecule has 4 aromatic rings. The Labute approximate surface area is 227 Å². The highest BCUT2D eigenvalue weighted by Gasteiger charge is 2.26.